The third-order valence-corrected chi connectivity index (χ3v) is 6.57. The van der Waals surface area contributed by atoms with Gasteiger partial charge in [0, 0.05) is 42.0 Å². The number of anilines is 3. The van der Waals surface area contributed by atoms with E-state index in [-0.39, 0.29) is 22.6 Å². The van der Waals surface area contributed by atoms with Crippen LogP contribution in [0, 0.1) is 6.92 Å². The van der Waals surface area contributed by atoms with Crippen molar-refractivity contribution in [2.45, 2.75) is 46.2 Å². The second kappa shape index (κ2) is 9.82. The topological polar surface area (TPSA) is 134 Å². The average molecular weight is 514 g/mol. The lowest BCUT2D eigenvalue weighted by atomic mass is 9.93. The van der Waals surface area contributed by atoms with Gasteiger partial charge in [-0.25, -0.2) is 10.1 Å². The first-order valence-corrected chi connectivity index (χ1v) is 12.4. The summed E-state index contributed by atoms with van der Waals surface area (Å²) in [6, 6.07) is 9.16. The number of aromatic amines is 1. The molecule has 3 aromatic heterocycles. The Bertz CT molecular complexity index is 1550. The number of benzene rings is 1. The monoisotopic (exact) mass is 513 g/mol. The Morgan fingerprint density at radius 2 is 1.89 bits per heavy atom. The lowest BCUT2D eigenvalue weighted by molar-refractivity contribution is 0.102. The molecule has 11 heteroatoms. The highest BCUT2D eigenvalue weighted by Crippen LogP contribution is 2.29. The second-order valence-corrected chi connectivity index (χ2v) is 10.6. The van der Waals surface area contributed by atoms with E-state index in [2.05, 4.69) is 47.8 Å². The molecule has 1 aromatic carbocycles. The van der Waals surface area contributed by atoms with Crippen molar-refractivity contribution in [1.82, 2.24) is 34.8 Å². The number of nitrogens with zero attached hydrogens (tertiary/aromatic N) is 6. The van der Waals surface area contributed by atoms with Gasteiger partial charge >= 0.3 is 0 Å². The van der Waals surface area contributed by atoms with Gasteiger partial charge in [-0.05, 0) is 31.7 Å². The maximum atomic E-state index is 12.9. The molecular formula is C27H31N9O2. The Hall–Kier alpha value is -4.38. The smallest absolute Gasteiger partial charge is 0.287 e. The van der Waals surface area contributed by atoms with Crippen LogP contribution < -0.4 is 16.2 Å². The molecule has 1 aliphatic rings. The van der Waals surface area contributed by atoms with E-state index in [0.29, 0.717) is 22.9 Å². The largest absolute Gasteiger partial charge is 0.334 e. The minimum atomic E-state index is -0.357. The molecule has 5 rings (SSSR count). The van der Waals surface area contributed by atoms with Crippen molar-refractivity contribution < 1.29 is 4.79 Å². The number of fused-ring (bicyclic) bond motifs is 1. The van der Waals surface area contributed by atoms with Gasteiger partial charge in [-0.1, -0.05) is 32.9 Å². The Balaban J connectivity index is 1.38. The third-order valence-electron chi connectivity index (χ3n) is 6.57. The van der Waals surface area contributed by atoms with Crippen LogP contribution in [0.5, 0.6) is 0 Å². The van der Waals surface area contributed by atoms with Crippen LogP contribution in [0.4, 0.5) is 17.2 Å². The van der Waals surface area contributed by atoms with Gasteiger partial charge in [-0.2, -0.15) is 10.2 Å². The number of likely N-dealkylation sites (N-methyl/N-ethyl adjacent to an activating group) is 1. The molecule has 0 saturated carbocycles. The molecule has 3 N–H and O–H groups in total. The summed E-state index contributed by atoms with van der Waals surface area (Å²) in [5.41, 5.74) is 4.68. The van der Waals surface area contributed by atoms with Crippen molar-refractivity contribution in [3.8, 4) is 11.3 Å². The van der Waals surface area contributed by atoms with Crippen molar-refractivity contribution in [3.05, 3.63) is 75.7 Å². The standard InChI is InChI=1S/C27H31N9O2/c1-16-18(7-6-8-19(16)31-25(37)22-13-29-23(14-28-22)27(2,3)4)20-12-21(26(38)33-32-20)30-24-11-17-15-35(5)9-10-36(17)34-24/h6-8,11-14H,9-10,15H2,1-5H3,(H,31,37)(H,33,38)(H,30,32,34). The molecule has 196 valence electrons. The van der Waals surface area contributed by atoms with Crippen LogP contribution in [0.3, 0.4) is 0 Å². The number of rotatable bonds is 5. The average Bonchev–Trinajstić information content (AvgIpc) is 3.27. The molecule has 1 amide bonds. The van der Waals surface area contributed by atoms with E-state index in [0.717, 1.165) is 42.1 Å². The Morgan fingerprint density at radius 1 is 1.08 bits per heavy atom. The SMILES string of the molecule is Cc1c(NC(=O)c2cnc(C(C)(C)C)cn2)cccc1-c1cc(Nc2cc3n(n2)CCN(C)C3)c(=O)[nH]n1. The lowest BCUT2D eigenvalue weighted by Gasteiger charge is -2.22. The molecular weight excluding hydrogens is 482 g/mol. The first-order chi connectivity index (χ1) is 18.1. The number of aromatic nitrogens is 6. The van der Waals surface area contributed by atoms with Crippen molar-refractivity contribution >= 4 is 23.1 Å². The summed E-state index contributed by atoms with van der Waals surface area (Å²) in [7, 11) is 2.07. The van der Waals surface area contributed by atoms with Crippen LogP contribution in [-0.2, 0) is 18.5 Å². The van der Waals surface area contributed by atoms with E-state index in [1.807, 2.05) is 56.6 Å². The summed E-state index contributed by atoms with van der Waals surface area (Å²) >= 11 is 0. The van der Waals surface area contributed by atoms with Crippen molar-refractivity contribution in [1.29, 1.82) is 0 Å². The number of amides is 1. The highest BCUT2D eigenvalue weighted by Gasteiger charge is 2.19. The molecule has 4 aromatic rings. The minimum absolute atomic E-state index is 0.155. The van der Waals surface area contributed by atoms with E-state index in [1.165, 1.54) is 6.20 Å². The normalized spacial score (nSPS) is 13.7. The van der Waals surface area contributed by atoms with E-state index < -0.39 is 0 Å². The number of nitrogens with one attached hydrogen (secondary N) is 3. The quantitative estimate of drug-likeness (QED) is 0.369. The number of H-pyrrole nitrogens is 1. The molecule has 1 aliphatic heterocycles. The minimum Gasteiger partial charge on any atom is -0.334 e. The maximum Gasteiger partial charge on any atom is 0.287 e. The van der Waals surface area contributed by atoms with Crippen molar-refractivity contribution in [2.75, 3.05) is 24.2 Å². The van der Waals surface area contributed by atoms with Gasteiger partial charge in [0.15, 0.2) is 5.82 Å². The van der Waals surface area contributed by atoms with E-state index in [9.17, 15) is 9.59 Å². The Morgan fingerprint density at radius 3 is 2.63 bits per heavy atom. The molecule has 0 radical (unpaired) electrons. The molecule has 0 bridgehead atoms. The zero-order chi connectivity index (χ0) is 27.0. The van der Waals surface area contributed by atoms with Crippen LogP contribution in [0.1, 0.15) is 48.2 Å². The summed E-state index contributed by atoms with van der Waals surface area (Å²) in [5.74, 6) is 0.249. The van der Waals surface area contributed by atoms with Gasteiger partial charge < -0.3 is 10.6 Å². The number of carbonyl (C=O) groups is 1. The molecule has 11 nitrogen and oxygen atoms in total. The number of hydrogen-bond donors (Lipinski definition) is 3. The van der Waals surface area contributed by atoms with E-state index in [1.54, 1.807) is 12.3 Å². The fraction of sp³-hybridized carbons (Fsp3) is 0.333. The predicted octanol–water partition coefficient (Wildman–Crippen LogP) is 3.47. The summed E-state index contributed by atoms with van der Waals surface area (Å²) < 4.78 is 1.95. The van der Waals surface area contributed by atoms with Crippen LogP contribution in [0.15, 0.2) is 47.5 Å². The van der Waals surface area contributed by atoms with Crippen molar-refractivity contribution in [3.63, 3.8) is 0 Å². The van der Waals surface area contributed by atoms with Crippen LogP contribution in [-0.4, -0.2) is 54.3 Å². The van der Waals surface area contributed by atoms with Crippen LogP contribution >= 0.6 is 0 Å². The van der Waals surface area contributed by atoms with Gasteiger partial charge in [0.1, 0.15) is 11.4 Å². The molecule has 0 spiro atoms. The van der Waals surface area contributed by atoms with Gasteiger partial charge in [0.25, 0.3) is 11.5 Å². The number of hydrogen-bond acceptors (Lipinski definition) is 8. The molecule has 0 aliphatic carbocycles. The van der Waals surface area contributed by atoms with Crippen LogP contribution in [0.25, 0.3) is 11.3 Å². The van der Waals surface area contributed by atoms with E-state index >= 15 is 0 Å². The Kier molecular flexibility index (Phi) is 6.53. The summed E-state index contributed by atoms with van der Waals surface area (Å²) in [6.07, 6.45) is 3.12. The van der Waals surface area contributed by atoms with Gasteiger partial charge in [-0.3, -0.25) is 24.2 Å². The molecule has 0 saturated heterocycles. The second-order valence-electron chi connectivity index (χ2n) is 10.6. The predicted molar refractivity (Wildman–Crippen MR) is 146 cm³/mol. The zero-order valence-electron chi connectivity index (χ0n) is 22.2. The van der Waals surface area contributed by atoms with Gasteiger partial charge in [0.05, 0.1) is 29.8 Å². The fourth-order valence-corrected chi connectivity index (χ4v) is 4.30. The highest BCUT2D eigenvalue weighted by atomic mass is 16.2. The van der Waals surface area contributed by atoms with Crippen molar-refractivity contribution in [2.24, 2.45) is 0 Å². The molecule has 4 heterocycles. The Labute approximate surface area is 220 Å². The summed E-state index contributed by atoms with van der Waals surface area (Å²) in [5, 5.41) is 17.5. The molecule has 0 unspecified atom stereocenters. The fourth-order valence-electron chi connectivity index (χ4n) is 4.30. The maximum absolute atomic E-state index is 12.9. The first kappa shape index (κ1) is 25.3. The number of carbonyl (C=O) groups excluding carboxylic acids is 1. The molecule has 38 heavy (non-hydrogen) atoms. The molecule has 0 atom stereocenters. The van der Waals surface area contributed by atoms with E-state index in [4.69, 9.17) is 0 Å². The highest BCUT2D eigenvalue weighted by molar-refractivity contribution is 6.03. The van der Waals surface area contributed by atoms with Gasteiger partial charge in [-0.15, -0.1) is 0 Å². The lowest BCUT2D eigenvalue weighted by Crippen LogP contribution is -2.30. The summed E-state index contributed by atoms with van der Waals surface area (Å²) in [6.45, 7) is 10.5. The van der Waals surface area contributed by atoms with Crippen LogP contribution in [0.2, 0.25) is 0 Å². The van der Waals surface area contributed by atoms with Gasteiger partial charge in [0.2, 0.25) is 0 Å². The zero-order valence-corrected chi connectivity index (χ0v) is 22.2. The third kappa shape index (κ3) is 5.18. The molecule has 0 fully saturated rings. The summed E-state index contributed by atoms with van der Waals surface area (Å²) in [4.78, 5) is 36.3. The first-order valence-electron chi connectivity index (χ1n) is 12.4.